The van der Waals surface area contributed by atoms with Crippen LogP contribution in [0.3, 0.4) is 0 Å². The Morgan fingerprint density at radius 2 is 2.25 bits per heavy atom. The zero-order chi connectivity index (χ0) is 14.3. The molecule has 3 aromatic rings. The lowest BCUT2D eigenvalue weighted by Gasteiger charge is -2.07. The second-order valence-electron chi connectivity index (χ2n) is 4.59. The molecule has 0 saturated carbocycles. The van der Waals surface area contributed by atoms with Crippen LogP contribution in [0.4, 0.5) is 10.1 Å². The first kappa shape index (κ1) is 12.8. The monoisotopic (exact) mass is 289 g/mol. The molecule has 2 aromatic heterocycles. The van der Waals surface area contributed by atoms with Crippen LogP contribution in [-0.4, -0.2) is 9.55 Å². The summed E-state index contributed by atoms with van der Waals surface area (Å²) in [6.45, 7) is 2.03. The zero-order valence-corrected chi connectivity index (χ0v) is 11.6. The van der Waals surface area contributed by atoms with Crippen molar-refractivity contribution in [1.82, 2.24) is 9.55 Å². The van der Waals surface area contributed by atoms with Crippen molar-refractivity contribution in [2.24, 2.45) is 0 Å². The first-order valence-electron chi connectivity index (χ1n) is 6.04. The molecular weight excluding hydrogens is 277 g/mol. The molecule has 2 N–H and O–H groups in total. The van der Waals surface area contributed by atoms with Gasteiger partial charge in [-0.15, -0.1) is 11.3 Å². The Kier molecular flexibility index (Phi) is 3.02. The van der Waals surface area contributed by atoms with Gasteiger partial charge >= 0.3 is 0 Å². The Morgan fingerprint density at radius 1 is 1.45 bits per heavy atom. The maximum atomic E-state index is 13.9. The van der Waals surface area contributed by atoms with Gasteiger partial charge in [0.1, 0.15) is 4.70 Å². The Balaban J connectivity index is 2.09. The van der Waals surface area contributed by atoms with E-state index in [1.54, 1.807) is 12.1 Å². The number of nitrogens with zero attached hydrogens (tertiary/aromatic N) is 2. The third-order valence-corrected chi connectivity index (χ3v) is 4.25. The minimum atomic E-state index is -0.484. The minimum absolute atomic E-state index is 0.0801. The predicted octanol–water partition coefficient (Wildman–Crippen LogP) is 2.54. The first-order valence-corrected chi connectivity index (χ1v) is 6.92. The number of nitrogens with two attached hydrogens (primary N) is 1. The summed E-state index contributed by atoms with van der Waals surface area (Å²) in [5.41, 5.74) is 7.52. The maximum Gasteiger partial charge on any atom is 0.271 e. The van der Waals surface area contributed by atoms with Gasteiger partial charge in [-0.3, -0.25) is 9.36 Å². The summed E-state index contributed by atoms with van der Waals surface area (Å²) in [4.78, 5) is 16.6. The van der Waals surface area contributed by atoms with Gasteiger partial charge in [-0.1, -0.05) is 12.1 Å². The molecule has 0 amide bonds. The smallest absolute Gasteiger partial charge is 0.271 e. The molecule has 0 saturated heterocycles. The van der Waals surface area contributed by atoms with E-state index in [0.29, 0.717) is 15.8 Å². The van der Waals surface area contributed by atoms with Crippen LogP contribution in [-0.2, 0) is 6.54 Å². The Hall–Kier alpha value is -2.21. The fraction of sp³-hybridized carbons (Fsp3) is 0.143. The van der Waals surface area contributed by atoms with Crippen LogP contribution in [0.2, 0.25) is 0 Å². The van der Waals surface area contributed by atoms with E-state index in [-0.39, 0.29) is 17.8 Å². The van der Waals surface area contributed by atoms with Crippen molar-refractivity contribution in [3.8, 4) is 0 Å². The molecule has 1 aromatic carbocycles. The number of aromatic nitrogens is 2. The summed E-state index contributed by atoms with van der Waals surface area (Å²) in [6.07, 6.45) is 1.45. The number of nitrogen functional groups attached to an aromatic ring is 1. The number of rotatable bonds is 2. The van der Waals surface area contributed by atoms with E-state index in [0.717, 1.165) is 5.56 Å². The Labute approximate surface area is 118 Å². The number of hydrogen-bond acceptors (Lipinski definition) is 4. The number of aryl methyl sites for hydroxylation is 1. The van der Waals surface area contributed by atoms with Gasteiger partial charge in [0.25, 0.3) is 5.56 Å². The number of benzene rings is 1. The Bertz CT molecular complexity index is 853. The number of hydrogen-bond donors (Lipinski definition) is 1. The highest BCUT2D eigenvalue weighted by Gasteiger charge is 2.11. The second kappa shape index (κ2) is 4.72. The van der Waals surface area contributed by atoms with Crippen LogP contribution in [0.5, 0.6) is 0 Å². The van der Waals surface area contributed by atoms with Gasteiger partial charge in [-0.25, -0.2) is 9.37 Å². The molecule has 20 heavy (non-hydrogen) atoms. The fourth-order valence-electron chi connectivity index (χ4n) is 2.08. The van der Waals surface area contributed by atoms with Crippen LogP contribution >= 0.6 is 11.3 Å². The van der Waals surface area contributed by atoms with Crippen molar-refractivity contribution in [3.05, 3.63) is 57.2 Å². The van der Waals surface area contributed by atoms with Crippen molar-refractivity contribution < 1.29 is 4.39 Å². The number of thiophene rings is 1. The summed E-state index contributed by atoms with van der Waals surface area (Å²) >= 11 is 1.36. The quantitative estimate of drug-likeness (QED) is 0.737. The lowest BCUT2D eigenvalue weighted by molar-refractivity contribution is 0.600. The van der Waals surface area contributed by atoms with E-state index >= 15 is 0 Å². The molecule has 3 rings (SSSR count). The molecule has 0 unspecified atom stereocenters. The van der Waals surface area contributed by atoms with Crippen LogP contribution in [0.15, 0.2) is 34.7 Å². The van der Waals surface area contributed by atoms with Crippen LogP contribution < -0.4 is 11.3 Å². The third-order valence-electron chi connectivity index (χ3n) is 3.17. The highest BCUT2D eigenvalue weighted by atomic mass is 32.1. The molecule has 2 heterocycles. The molecule has 6 heteroatoms. The molecule has 0 aliphatic heterocycles. The van der Waals surface area contributed by atoms with E-state index < -0.39 is 5.82 Å². The number of halogens is 1. The summed E-state index contributed by atoms with van der Waals surface area (Å²) in [6, 6.07) is 4.77. The highest BCUT2D eigenvalue weighted by molar-refractivity contribution is 7.17. The topological polar surface area (TPSA) is 60.9 Å². The molecule has 4 nitrogen and oxygen atoms in total. The lowest BCUT2D eigenvalue weighted by atomic mass is 10.2. The van der Waals surface area contributed by atoms with Gasteiger partial charge in [0.15, 0.2) is 5.82 Å². The lowest BCUT2D eigenvalue weighted by Crippen LogP contribution is -2.21. The van der Waals surface area contributed by atoms with Crippen LogP contribution in [0, 0.1) is 12.7 Å². The molecule has 0 aliphatic rings. The molecule has 0 radical (unpaired) electrons. The molecule has 0 bridgehead atoms. The minimum Gasteiger partial charge on any atom is -0.396 e. The molecule has 0 spiro atoms. The second-order valence-corrected chi connectivity index (χ2v) is 5.47. The normalized spacial score (nSPS) is 11.1. The molecule has 0 fully saturated rings. The van der Waals surface area contributed by atoms with Crippen molar-refractivity contribution in [1.29, 1.82) is 0 Å². The van der Waals surface area contributed by atoms with Crippen molar-refractivity contribution >= 4 is 27.2 Å². The van der Waals surface area contributed by atoms with Gasteiger partial charge in [0, 0.05) is 5.56 Å². The largest absolute Gasteiger partial charge is 0.396 e. The summed E-state index contributed by atoms with van der Waals surface area (Å²) < 4.78 is 15.9. The highest BCUT2D eigenvalue weighted by Crippen LogP contribution is 2.20. The van der Waals surface area contributed by atoms with Crippen molar-refractivity contribution in [2.45, 2.75) is 13.5 Å². The SMILES string of the molecule is Cc1csc2c(=O)n(Cc3cccc(N)c3F)cnc12. The average Bonchev–Trinajstić information content (AvgIpc) is 2.80. The van der Waals surface area contributed by atoms with Gasteiger partial charge in [0.2, 0.25) is 0 Å². The number of anilines is 1. The van der Waals surface area contributed by atoms with Crippen LogP contribution in [0.1, 0.15) is 11.1 Å². The van der Waals surface area contributed by atoms with E-state index in [1.165, 1.54) is 28.3 Å². The standard InChI is InChI=1S/C14H12FN3OS/c1-8-6-20-13-12(8)17-7-18(14(13)19)5-9-3-2-4-10(16)11(9)15/h2-4,6-7H,5,16H2,1H3. The van der Waals surface area contributed by atoms with Crippen molar-refractivity contribution in [3.63, 3.8) is 0 Å². The van der Waals surface area contributed by atoms with E-state index in [4.69, 9.17) is 5.73 Å². The fourth-order valence-corrected chi connectivity index (χ4v) is 3.03. The molecule has 102 valence electrons. The summed E-state index contributed by atoms with van der Waals surface area (Å²) in [5.74, 6) is -0.484. The molecule has 0 atom stereocenters. The van der Waals surface area contributed by atoms with Gasteiger partial charge < -0.3 is 5.73 Å². The average molecular weight is 289 g/mol. The first-order chi connectivity index (χ1) is 9.58. The van der Waals surface area contributed by atoms with Gasteiger partial charge in [-0.05, 0) is 23.9 Å². The van der Waals surface area contributed by atoms with E-state index in [2.05, 4.69) is 4.98 Å². The Morgan fingerprint density at radius 3 is 3.05 bits per heavy atom. The van der Waals surface area contributed by atoms with Gasteiger partial charge in [-0.2, -0.15) is 0 Å². The predicted molar refractivity (Wildman–Crippen MR) is 78.5 cm³/mol. The number of fused-ring (bicyclic) bond motifs is 1. The van der Waals surface area contributed by atoms with Gasteiger partial charge in [0.05, 0.1) is 24.1 Å². The van der Waals surface area contributed by atoms with E-state index in [9.17, 15) is 9.18 Å². The zero-order valence-electron chi connectivity index (χ0n) is 10.8. The third kappa shape index (κ3) is 1.98. The molecule has 0 aliphatic carbocycles. The summed E-state index contributed by atoms with van der Waals surface area (Å²) in [5, 5.41) is 1.89. The van der Waals surface area contributed by atoms with Crippen LogP contribution in [0.25, 0.3) is 10.2 Å². The maximum absolute atomic E-state index is 13.9. The summed E-state index contributed by atoms with van der Waals surface area (Å²) in [7, 11) is 0. The van der Waals surface area contributed by atoms with E-state index in [1.807, 2.05) is 12.3 Å². The van der Waals surface area contributed by atoms with Crippen molar-refractivity contribution in [2.75, 3.05) is 5.73 Å². The molecular formula is C14H12FN3OS.